The van der Waals surface area contributed by atoms with E-state index in [4.69, 9.17) is 0 Å². The number of thioether (sulfide) groups is 1. The summed E-state index contributed by atoms with van der Waals surface area (Å²) in [4.78, 5) is 24.5. The van der Waals surface area contributed by atoms with Crippen LogP contribution in [0.2, 0.25) is 0 Å². The normalized spacial score (nSPS) is 10.8. The van der Waals surface area contributed by atoms with Gasteiger partial charge in [-0.15, -0.1) is 5.10 Å². The Bertz CT molecular complexity index is 817. The number of aromatic nitrogens is 5. The lowest BCUT2D eigenvalue weighted by Gasteiger charge is -2.02. The molecule has 0 unspecified atom stereocenters. The Kier molecular flexibility index (Phi) is 4.01. The molecule has 0 saturated heterocycles. The standard InChI is InChI=1S/C14H14N6OS/c1-9-6-10(2)20-13(16-9)18-14(19-20)22-8-12(21)17-11-4-3-5-15-7-11/h3-7H,8H2,1-2H3,(H,17,21). The third-order valence-corrected chi connectivity index (χ3v) is 3.71. The van der Waals surface area contributed by atoms with E-state index >= 15 is 0 Å². The van der Waals surface area contributed by atoms with Crippen LogP contribution in [-0.4, -0.2) is 36.2 Å². The second-order valence-electron chi connectivity index (χ2n) is 4.72. The molecule has 1 amide bonds. The summed E-state index contributed by atoms with van der Waals surface area (Å²) in [6, 6.07) is 5.49. The quantitative estimate of drug-likeness (QED) is 0.740. The summed E-state index contributed by atoms with van der Waals surface area (Å²) in [6.45, 7) is 3.86. The lowest BCUT2D eigenvalue weighted by molar-refractivity contribution is -0.113. The van der Waals surface area contributed by atoms with Crippen LogP contribution in [0.3, 0.4) is 0 Å². The largest absolute Gasteiger partial charge is 0.324 e. The van der Waals surface area contributed by atoms with Crippen molar-refractivity contribution < 1.29 is 4.79 Å². The van der Waals surface area contributed by atoms with Crippen LogP contribution in [-0.2, 0) is 4.79 Å². The van der Waals surface area contributed by atoms with Crippen LogP contribution in [0.15, 0.2) is 35.7 Å². The number of carbonyl (C=O) groups excluding carboxylic acids is 1. The molecule has 0 radical (unpaired) electrons. The molecule has 0 spiro atoms. The van der Waals surface area contributed by atoms with E-state index in [-0.39, 0.29) is 11.7 Å². The minimum atomic E-state index is -0.127. The molecule has 7 nitrogen and oxygen atoms in total. The fourth-order valence-corrected chi connectivity index (χ4v) is 2.59. The van der Waals surface area contributed by atoms with Gasteiger partial charge in [-0.25, -0.2) is 9.50 Å². The van der Waals surface area contributed by atoms with Crippen molar-refractivity contribution in [2.75, 3.05) is 11.1 Å². The summed E-state index contributed by atoms with van der Waals surface area (Å²) in [5.41, 5.74) is 2.52. The first-order chi connectivity index (χ1) is 10.6. The van der Waals surface area contributed by atoms with Gasteiger partial charge in [-0.05, 0) is 32.0 Å². The van der Waals surface area contributed by atoms with Gasteiger partial charge in [-0.2, -0.15) is 4.98 Å². The summed E-state index contributed by atoms with van der Waals surface area (Å²) < 4.78 is 1.67. The Labute approximate surface area is 131 Å². The zero-order valence-electron chi connectivity index (χ0n) is 12.1. The molecule has 0 fully saturated rings. The van der Waals surface area contributed by atoms with Gasteiger partial charge in [-0.3, -0.25) is 9.78 Å². The van der Waals surface area contributed by atoms with E-state index in [9.17, 15) is 4.79 Å². The molecular weight excluding hydrogens is 300 g/mol. The SMILES string of the molecule is Cc1cc(C)n2nc(SCC(=O)Nc3cccnc3)nc2n1. The van der Waals surface area contributed by atoms with Gasteiger partial charge < -0.3 is 5.32 Å². The Balaban J connectivity index is 1.66. The molecule has 0 atom stereocenters. The minimum absolute atomic E-state index is 0.127. The molecule has 22 heavy (non-hydrogen) atoms. The molecule has 0 saturated carbocycles. The maximum Gasteiger partial charge on any atom is 0.253 e. The number of nitrogens with one attached hydrogen (secondary N) is 1. The van der Waals surface area contributed by atoms with Gasteiger partial charge in [0.1, 0.15) is 0 Å². The monoisotopic (exact) mass is 314 g/mol. The number of pyridine rings is 1. The Hall–Kier alpha value is -2.48. The van der Waals surface area contributed by atoms with Gasteiger partial charge in [0.05, 0.1) is 17.6 Å². The number of amides is 1. The Morgan fingerprint density at radius 2 is 2.23 bits per heavy atom. The van der Waals surface area contributed by atoms with Crippen molar-refractivity contribution >= 4 is 29.1 Å². The molecule has 8 heteroatoms. The predicted octanol–water partition coefficient (Wildman–Crippen LogP) is 1.87. The van der Waals surface area contributed by atoms with Crippen molar-refractivity contribution in [3.05, 3.63) is 42.0 Å². The van der Waals surface area contributed by atoms with Crippen LogP contribution in [0.4, 0.5) is 5.69 Å². The van der Waals surface area contributed by atoms with Gasteiger partial charge in [0.25, 0.3) is 5.78 Å². The zero-order valence-corrected chi connectivity index (χ0v) is 13.0. The lowest BCUT2D eigenvalue weighted by Crippen LogP contribution is -2.14. The third-order valence-electron chi connectivity index (χ3n) is 2.88. The van der Waals surface area contributed by atoms with Gasteiger partial charge in [0, 0.05) is 17.6 Å². The molecule has 3 aromatic rings. The van der Waals surface area contributed by atoms with Gasteiger partial charge in [-0.1, -0.05) is 11.8 Å². The summed E-state index contributed by atoms with van der Waals surface area (Å²) in [6.07, 6.45) is 3.25. The maximum atomic E-state index is 11.9. The van der Waals surface area contributed by atoms with Crippen LogP contribution >= 0.6 is 11.8 Å². The van der Waals surface area contributed by atoms with Gasteiger partial charge in [0.2, 0.25) is 11.1 Å². The van der Waals surface area contributed by atoms with Crippen LogP contribution < -0.4 is 5.32 Å². The molecule has 112 valence electrons. The van der Waals surface area contributed by atoms with Crippen LogP contribution in [0.25, 0.3) is 5.78 Å². The van der Waals surface area contributed by atoms with E-state index in [1.807, 2.05) is 19.9 Å². The van der Waals surface area contributed by atoms with E-state index in [0.717, 1.165) is 11.4 Å². The van der Waals surface area contributed by atoms with Crippen LogP contribution in [0, 0.1) is 13.8 Å². The number of carbonyl (C=O) groups is 1. The molecule has 0 aromatic carbocycles. The van der Waals surface area contributed by atoms with E-state index in [0.29, 0.717) is 16.6 Å². The summed E-state index contributed by atoms with van der Waals surface area (Å²) >= 11 is 1.27. The summed E-state index contributed by atoms with van der Waals surface area (Å²) in [5, 5.41) is 7.64. The Morgan fingerprint density at radius 1 is 1.36 bits per heavy atom. The molecule has 0 aliphatic heterocycles. The number of fused-ring (bicyclic) bond motifs is 1. The van der Waals surface area contributed by atoms with E-state index in [2.05, 4.69) is 25.4 Å². The number of rotatable bonds is 4. The summed E-state index contributed by atoms with van der Waals surface area (Å²) in [7, 11) is 0. The molecular formula is C14H14N6OS. The molecule has 3 aromatic heterocycles. The highest BCUT2D eigenvalue weighted by Crippen LogP contribution is 2.15. The number of hydrogen-bond acceptors (Lipinski definition) is 6. The fourth-order valence-electron chi connectivity index (χ4n) is 1.97. The van der Waals surface area contributed by atoms with Gasteiger partial charge in [0.15, 0.2) is 0 Å². The molecule has 0 aliphatic rings. The number of hydrogen-bond donors (Lipinski definition) is 1. The highest BCUT2D eigenvalue weighted by atomic mass is 32.2. The zero-order chi connectivity index (χ0) is 15.5. The molecule has 1 N–H and O–H groups in total. The van der Waals surface area contributed by atoms with Crippen molar-refractivity contribution in [1.82, 2.24) is 24.6 Å². The van der Waals surface area contributed by atoms with E-state index < -0.39 is 0 Å². The second kappa shape index (κ2) is 6.10. The molecule has 0 bridgehead atoms. The summed E-state index contributed by atoms with van der Waals surface area (Å²) in [5.74, 6) is 0.648. The first-order valence-corrected chi connectivity index (χ1v) is 7.64. The van der Waals surface area contributed by atoms with Crippen molar-refractivity contribution in [2.45, 2.75) is 19.0 Å². The average molecular weight is 314 g/mol. The number of nitrogens with zero attached hydrogens (tertiary/aromatic N) is 5. The number of anilines is 1. The predicted molar refractivity (Wildman–Crippen MR) is 83.8 cm³/mol. The Morgan fingerprint density at radius 3 is 3.00 bits per heavy atom. The molecule has 0 aliphatic carbocycles. The molecule has 3 heterocycles. The fraction of sp³-hybridized carbons (Fsp3) is 0.214. The van der Waals surface area contributed by atoms with Crippen molar-refractivity contribution in [3.8, 4) is 0 Å². The first kappa shape index (κ1) is 14.5. The first-order valence-electron chi connectivity index (χ1n) is 6.65. The smallest absolute Gasteiger partial charge is 0.253 e. The van der Waals surface area contributed by atoms with Crippen molar-refractivity contribution in [2.24, 2.45) is 0 Å². The topological polar surface area (TPSA) is 85.1 Å². The van der Waals surface area contributed by atoms with Crippen LogP contribution in [0.1, 0.15) is 11.4 Å². The number of aryl methyl sites for hydroxylation is 2. The third kappa shape index (κ3) is 3.22. The highest BCUT2D eigenvalue weighted by Gasteiger charge is 2.10. The van der Waals surface area contributed by atoms with E-state index in [1.165, 1.54) is 11.8 Å². The van der Waals surface area contributed by atoms with Gasteiger partial charge >= 0.3 is 0 Å². The highest BCUT2D eigenvalue weighted by molar-refractivity contribution is 7.99. The van der Waals surface area contributed by atoms with Crippen molar-refractivity contribution in [1.29, 1.82) is 0 Å². The molecule has 3 rings (SSSR count). The van der Waals surface area contributed by atoms with E-state index in [1.54, 1.807) is 29.0 Å². The van der Waals surface area contributed by atoms with Crippen molar-refractivity contribution in [3.63, 3.8) is 0 Å². The second-order valence-corrected chi connectivity index (χ2v) is 5.67. The average Bonchev–Trinajstić information content (AvgIpc) is 2.89. The minimum Gasteiger partial charge on any atom is -0.324 e. The maximum absolute atomic E-state index is 11.9. The van der Waals surface area contributed by atoms with Crippen LogP contribution in [0.5, 0.6) is 0 Å². The lowest BCUT2D eigenvalue weighted by atomic mass is 10.4.